The summed E-state index contributed by atoms with van der Waals surface area (Å²) >= 11 is 0. The number of benzene rings is 1. The van der Waals surface area contributed by atoms with Gasteiger partial charge in [0.1, 0.15) is 35.1 Å². The van der Waals surface area contributed by atoms with Crippen molar-refractivity contribution in [2.45, 2.75) is 6.04 Å². The number of guanidine groups is 1. The highest BCUT2D eigenvalue weighted by Gasteiger charge is 2.31. The van der Waals surface area contributed by atoms with Crippen molar-refractivity contribution in [2.75, 3.05) is 23.9 Å². The zero-order chi connectivity index (χ0) is 21.3. The molecule has 30 heavy (non-hydrogen) atoms. The maximum atomic E-state index is 9.49. The molecule has 0 aliphatic carbocycles. The van der Waals surface area contributed by atoms with Gasteiger partial charge in [0, 0.05) is 23.5 Å². The highest BCUT2D eigenvalue weighted by Crippen LogP contribution is 2.42. The van der Waals surface area contributed by atoms with E-state index < -0.39 is 6.04 Å². The minimum atomic E-state index is -0.716. The molecule has 0 saturated heterocycles. The predicted molar refractivity (Wildman–Crippen MR) is 110 cm³/mol. The lowest BCUT2D eigenvalue weighted by Crippen LogP contribution is -2.33. The van der Waals surface area contributed by atoms with Crippen LogP contribution in [0.3, 0.4) is 0 Å². The van der Waals surface area contributed by atoms with Crippen LogP contribution in [0.15, 0.2) is 41.7 Å². The Kier molecular flexibility index (Phi) is 4.54. The van der Waals surface area contributed by atoms with Crippen LogP contribution < -0.4 is 26.8 Å². The van der Waals surface area contributed by atoms with Crippen LogP contribution in [0.5, 0.6) is 5.75 Å². The molecule has 6 N–H and O–H groups in total. The third-order valence-corrected chi connectivity index (χ3v) is 4.64. The number of hydrogen-bond donors (Lipinski definition) is 4. The van der Waals surface area contributed by atoms with E-state index in [0.29, 0.717) is 28.4 Å². The molecule has 11 heteroatoms. The summed E-state index contributed by atoms with van der Waals surface area (Å²) in [6, 6.07) is 8.49. The first-order valence-electron chi connectivity index (χ1n) is 8.74. The lowest BCUT2D eigenvalue weighted by atomic mass is 9.93. The molecule has 1 unspecified atom stereocenters. The summed E-state index contributed by atoms with van der Waals surface area (Å²) in [7, 11) is 1.55. The molecular formula is C19H16N10O. The van der Waals surface area contributed by atoms with Crippen LogP contribution in [0, 0.1) is 22.8 Å². The molecule has 0 radical (unpaired) electrons. The number of methoxy groups -OCH3 is 1. The van der Waals surface area contributed by atoms with Crippen molar-refractivity contribution in [3.8, 4) is 23.7 Å². The molecule has 0 spiro atoms. The van der Waals surface area contributed by atoms with Gasteiger partial charge in [-0.1, -0.05) is 0 Å². The summed E-state index contributed by atoms with van der Waals surface area (Å²) < 4.78 is 7.07. The molecule has 2 aromatic heterocycles. The SMILES string of the molecule is COc1ccc(-n2cccn2)c(C2N=C(NC#N)Nc3nc(N)c(C#N)c(N)c32)c1. The van der Waals surface area contributed by atoms with Gasteiger partial charge < -0.3 is 21.5 Å². The number of rotatable bonds is 3. The van der Waals surface area contributed by atoms with Crippen molar-refractivity contribution in [3.05, 3.63) is 53.3 Å². The first kappa shape index (κ1) is 18.6. The first-order chi connectivity index (χ1) is 14.6. The van der Waals surface area contributed by atoms with Gasteiger partial charge in [-0.25, -0.2) is 14.7 Å². The van der Waals surface area contributed by atoms with Gasteiger partial charge in [0.2, 0.25) is 5.96 Å². The van der Waals surface area contributed by atoms with Crippen molar-refractivity contribution >= 4 is 23.3 Å². The Balaban J connectivity index is 2.02. The molecule has 0 amide bonds. The molecule has 3 heterocycles. The van der Waals surface area contributed by atoms with Gasteiger partial charge in [0.15, 0.2) is 6.19 Å². The molecule has 11 nitrogen and oxygen atoms in total. The third kappa shape index (κ3) is 2.96. The Labute approximate surface area is 171 Å². The fourth-order valence-corrected chi connectivity index (χ4v) is 3.30. The molecule has 0 bridgehead atoms. The van der Waals surface area contributed by atoms with Crippen LogP contribution in [-0.2, 0) is 0 Å². The van der Waals surface area contributed by atoms with Crippen LogP contribution in [0.2, 0.25) is 0 Å². The number of nitriles is 2. The number of hydrogen-bond acceptors (Lipinski definition) is 10. The topological polar surface area (TPSA) is 176 Å². The Morgan fingerprint density at radius 1 is 1.30 bits per heavy atom. The molecular weight excluding hydrogens is 384 g/mol. The Hall–Kier alpha value is -4.77. The van der Waals surface area contributed by atoms with E-state index in [0.717, 1.165) is 0 Å². The highest BCUT2D eigenvalue weighted by atomic mass is 16.5. The molecule has 0 fully saturated rings. The largest absolute Gasteiger partial charge is 0.497 e. The molecule has 3 aromatic rings. The van der Waals surface area contributed by atoms with Gasteiger partial charge in [0.05, 0.1) is 18.5 Å². The Morgan fingerprint density at radius 3 is 2.80 bits per heavy atom. The Morgan fingerprint density at radius 2 is 2.13 bits per heavy atom. The lowest BCUT2D eigenvalue weighted by Gasteiger charge is -2.27. The molecule has 4 rings (SSSR count). The lowest BCUT2D eigenvalue weighted by molar-refractivity contribution is 0.414. The van der Waals surface area contributed by atoms with Crippen LogP contribution >= 0.6 is 0 Å². The number of anilines is 3. The van der Waals surface area contributed by atoms with E-state index in [1.54, 1.807) is 42.4 Å². The summed E-state index contributed by atoms with van der Waals surface area (Å²) in [6.07, 6.45) is 5.27. The average molecular weight is 400 g/mol. The zero-order valence-corrected chi connectivity index (χ0v) is 15.8. The number of aromatic nitrogens is 3. The maximum absolute atomic E-state index is 9.49. The number of nitrogen functional groups attached to an aromatic ring is 2. The number of nitrogens with two attached hydrogens (primary N) is 2. The van der Waals surface area contributed by atoms with E-state index in [1.807, 2.05) is 18.3 Å². The van der Waals surface area contributed by atoms with E-state index in [1.165, 1.54) is 0 Å². The fourth-order valence-electron chi connectivity index (χ4n) is 3.30. The van der Waals surface area contributed by atoms with Crippen LogP contribution in [0.25, 0.3) is 5.69 Å². The number of ether oxygens (including phenoxy) is 1. The van der Waals surface area contributed by atoms with E-state index in [2.05, 4.69) is 25.7 Å². The van der Waals surface area contributed by atoms with E-state index >= 15 is 0 Å². The molecule has 1 atom stereocenters. The normalized spacial score (nSPS) is 14.5. The predicted octanol–water partition coefficient (Wildman–Crippen LogP) is 1.25. The minimum Gasteiger partial charge on any atom is -0.497 e. The van der Waals surface area contributed by atoms with E-state index in [-0.39, 0.29) is 23.0 Å². The smallest absolute Gasteiger partial charge is 0.211 e. The number of aliphatic imine (C=N–C) groups is 1. The minimum absolute atomic E-state index is 0.0175. The quantitative estimate of drug-likeness (QED) is 0.372. The summed E-state index contributed by atoms with van der Waals surface area (Å²) in [5, 5.41) is 28.2. The first-order valence-corrected chi connectivity index (χ1v) is 8.74. The molecule has 148 valence electrons. The second kappa shape index (κ2) is 7.33. The van der Waals surface area contributed by atoms with Crippen molar-refractivity contribution in [3.63, 3.8) is 0 Å². The fraction of sp³-hybridized carbons (Fsp3) is 0.105. The van der Waals surface area contributed by atoms with Crippen molar-refractivity contribution in [2.24, 2.45) is 4.99 Å². The van der Waals surface area contributed by atoms with Crippen molar-refractivity contribution < 1.29 is 4.74 Å². The summed E-state index contributed by atoms with van der Waals surface area (Å²) in [4.78, 5) is 8.87. The standard InChI is InChI=1S/C19H16N10O/c1-30-10-3-4-13(29-6-2-5-25-29)11(7-10)16-14-15(22)12(8-20)17(23)27-18(14)28-19(26-16)24-9-21/h2-7,16H,1H3,(H6,22,23,24,26,27,28). The number of fused-ring (bicyclic) bond motifs is 1. The third-order valence-electron chi connectivity index (χ3n) is 4.64. The van der Waals surface area contributed by atoms with Gasteiger partial charge in [0.25, 0.3) is 0 Å². The van der Waals surface area contributed by atoms with Gasteiger partial charge in [-0.3, -0.25) is 5.32 Å². The van der Waals surface area contributed by atoms with Gasteiger partial charge in [-0.2, -0.15) is 15.6 Å². The second-order valence-corrected chi connectivity index (χ2v) is 6.28. The second-order valence-electron chi connectivity index (χ2n) is 6.28. The van der Waals surface area contributed by atoms with Crippen molar-refractivity contribution in [1.82, 2.24) is 20.1 Å². The summed E-state index contributed by atoms with van der Waals surface area (Å²) in [5.74, 6) is 1.04. The summed E-state index contributed by atoms with van der Waals surface area (Å²) in [5.41, 5.74) is 14.3. The number of pyridine rings is 1. The van der Waals surface area contributed by atoms with Gasteiger partial charge in [-0.15, -0.1) is 0 Å². The molecule has 1 aromatic carbocycles. The van der Waals surface area contributed by atoms with Crippen LogP contribution in [-0.4, -0.2) is 27.8 Å². The zero-order valence-electron chi connectivity index (χ0n) is 15.8. The van der Waals surface area contributed by atoms with Gasteiger partial charge >= 0.3 is 0 Å². The van der Waals surface area contributed by atoms with Gasteiger partial charge in [-0.05, 0) is 24.3 Å². The highest BCUT2D eigenvalue weighted by molar-refractivity contribution is 5.98. The summed E-state index contributed by atoms with van der Waals surface area (Å²) in [6.45, 7) is 0. The number of nitrogens with one attached hydrogen (secondary N) is 2. The molecule has 0 saturated carbocycles. The number of nitrogens with zero attached hydrogens (tertiary/aromatic N) is 6. The monoisotopic (exact) mass is 400 g/mol. The average Bonchev–Trinajstić information content (AvgIpc) is 3.28. The molecule has 1 aliphatic heterocycles. The molecule has 1 aliphatic rings. The van der Waals surface area contributed by atoms with Crippen molar-refractivity contribution in [1.29, 1.82) is 10.5 Å². The Bertz CT molecular complexity index is 1230. The van der Waals surface area contributed by atoms with Crippen LogP contribution in [0.4, 0.5) is 17.3 Å². The van der Waals surface area contributed by atoms with E-state index in [9.17, 15) is 5.26 Å². The van der Waals surface area contributed by atoms with Crippen LogP contribution in [0.1, 0.15) is 22.7 Å². The van der Waals surface area contributed by atoms with E-state index in [4.69, 9.17) is 21.5 Å². The maximum Gasteiger partial charge on any atom is 0.211 e.